The summed E-state index contributed by atoms with van der Waals surface area (Å²) in [5.41, 5.74) is 1.56. The van der Waals surface area contributed by atoms with E-state index in [-0.39, 0.29) is 5.82 Å². The lowest BCUT2D eigenvalue weighted by atomic mass is 10.1. The predicted molar refractivity (Wildman–Crippen MR) is 70.6 cm³/mol. The van der Waals surface area contributed by atoms with Crippen molar-refractivity contribution in [3.8, 4) is 0 Å². The van der Waals surface area contributed by atoms with Crippen molar-refractivity contribution in [1.29, 1.82) is 0 Å². The molecule has 0 radical (unpaired) electrons. The Morgan fingerprint density at radius 1 is 1.35 bits per heavy atom. The first kappa shape index (κ1) is 12.6. The Kier molecular flexibility index (Phi) is 3.84. The largest absolute Gasteiger partial charge is 0.458 e. The third-order valence-electron chi connectivity index (χ3n) is 2.81. The number of rotatable bonds is 4. The number of halogens is 2. The second-order valence-electron chi connectivity index (χ2n) is 3.87. The number of benzene rings is 1. The molecule has 0 amide bonds. The Labute approximate surface area is 108 Å². The van der Waals surface area contributed by atoms with E-state index in [4.69, 9.17) is 4.42 Å². The van der Waals surface area contributed by atoms with Crippen LogP contribution in [0.15, 0.2) is 21.0 Å². The minimum atomic E-state index is -0.216. The summed E-state index contributed by atoms with van der Waals surface area (Å²) in [6, 6.07) is 3.15. The van der Waals surface area contributed by atoms with Crippen LogP contribution in [0.4, 0.5) is 4.39 Å². The highest BCUT2D eigenvalue weighted by atomic mass is 79.9. The molecule has 0 bridgehead atoms. The Bertz CT molecular complexity index is 536. The number of nitrogens with one attached hydrogen (secondary N) is 1. The lowest BCUT2D eigenvalue weighted by molar-refractivity contribution is 0.513. The van der Waals surface area contributed by atoms with Crippen LogP contribution in [0, 0.1) is 5.82 Å². The molecule has 4 heteroatoms. The lowest BCUT2D eigenvalue weighted by Gasteiger charge is -2.00. The third-order valence-corrected chi connectivity index (χ3v) is 3.44. The van der Waals surface area contributed by atoms with Gasteiger partial charge in [0.1, 0.15) is 11.6 Å². The van der Waals surface area contributed by atoms with Crippen molar-refractivity contribution >= 4 is 26.9 Å². The molecule has 0 saturated carbocycles. The van der Waals surface area contributed by atoms with Crippen LogP contribution in [-0.2, 0) is 13.0 Å². The highest BCUT2D eigenvalue weighted by Crippen LogP contribution is 2.33. The quantitative estimate of drug-likeness (QED) is 0.923. The van der Waals surface area contributed by atoms with Crippen molar-refractivity contribution in [3.05, 3.63) is 33.7 Å². The number of aryl methyl sites for hydroxylation is 1. The maximum atomic E-state index is 13.8. The molecule has 0 aliphatic carbocycles. The summed E-state index contributed by atoms with van der Waals surface area (Å²) >= 11 is 3.40. The Balaban J connectivity index is 2.62. The number of hydrogen-bond acceptors (Lipinski definition) is 2. The van der Waals surface area contributed by atoms with E-state index in [0.717, 1.165) is 28.8 Å². The third kappa shape index (κ3) is 2.24. The van der Waals surface area contributed by atoms with Crippen molar-refractivity contribution in [2.75, 3.05) is 6.54 Å². The fourth-order valence-corrected chi connectivity index (χ4v) is 2.41. The highest BCUT2D eigenvalue weighted by molar-refractivity contribution is 9.10. The molecule has 0 aliphatic rings. The normalized spacial score (nSPS) is 11.3. The average molecular weight is 300 g/mol. The van der Waals surface area contributed by atoms with E-state index in [2.05, 4.69) is 21.2 Å². The van der Waals surface area contributed by atoms with Gasteiger partial charge in [0, 0.05) is 5.56 Å². The highest BCUT2D eigenvalue weighted by Gasteiger charge is 2.17. The summed E-state index contributed by atoms with van der Waals surface area (Å²) in [5.74, 6) is 0.613. The Morgan fingerprint density at radius 3 is 2.76 bits per heavy atom. The van der Waals surface area contributed by atoms with E-state index < -0.39 is 0 Å². The van der Waals surface area contributed by atoms with Crippen molar-refractivity contribution < 1.29 is 8.81 Å². The van der Waals surface area contributed by atoms with E-state index in [1.54, 1.807) is 6.07 Å². The topological polar surface area (TPSA) is 25.2 Å². The summed E-state index contributed by atoms with van der Waals surface area (Å²) in [5, 5.41) is 3.81. The van der Waals surface area contributed by atoms with Crippen molar-refractivity contribution in [1.82, 2.24) is 5.32 Å². The van der Waals surface area contributed by atoms with Gasteiger partial charge in [-0.05, 0) is 41.0 Å². The number of hydrogen-bond donors (Lipinski definition) is 1. The molecule has 1 heterocycles. The van der Waals surface area contributed by atoms with E-state index in [1.807, 2.05) is 13.8 Å². The molecule has 0 fully saturated rings. The van der Waals surface area contributed by atoms with Gasteiger partial charge in [-0.15, -0.1) is 0 Å². The molecule has 2 aromatic rings. The SMILES string of the molecule is CCNCc1oc2c(Br)ccc(F)c2c1CC. The first-order valence-electron chi connectivity index (χ1n) is 5.78. The monoisotopic (exact) mass is 299 g/mol. The summed E-state index contributed by atoms with van der Waals surface area (Å²) in [6.07, 6.45) is 0.765. The van der Waals surface area contributed by atoms with Gasteiger partial charge >= 0.3 is 0 Å². The van der Waals surface area contributed by atoms with Crippen molar-refractivity contribution in [2.45, 2.75) is 26.8 Å². The molecule has 2 rings (SSSR count). The van der Waals surface area contributed by atoms with Crippen LogP contribution in [0.25, 0.3) is 11.0 Å². The van der Waals surface area contributed by atoms with Crippen molar-refractivity contribution in [3.63, 3.8) is 0 Å². The molecule has 1 aromatic carbocycles. The summed E-state index contributed by atoms with van der Waals surface area (Å²) in [6.45, 7) is 5.55. The smallest absolute Gasteiger partial charge is 0.151 e. The maximum absolute atomic E-state index is 13.8. The van der Waals surface area contributed by atoms with Gasteiger partial charge in [-0.3, -0.25) is 0 Å². The minimum absolute atomic E-state index is 0.216. The van der Waals surface area contributed by atoms with Gasteiger partial charge in [-0.25, -0.2) is 4.39 Å². The van der Waals surface area contributed by atoms with E-state index in [1.165, 1.54) is 6.07 Å². The second-order valence-corrected chi connectivity index (χ2v) is 4.73. The van der Waals surface area contributed by atoms with Crippen LogP contribution in [0.2, 0.25) is 0 Å². The molecular weight excluding hydrogens is 285 g/mol. The van der Waals surface area contributed by atoms with Crippen LogP contribution in [0.1, 0.15) is 25.2 Å². The van der Waals surface area contributed by atoms with Crippen LogP contribution < -0.4 is 5.32 Å². The summed E-state index contributed by atoms with van der Waals surface area (Å²) in [4.78, 5) is 0. The maximum Gasteiger partial charge on any atom is 0.151 e. The van der Waals surface area contributed by atoms with Crippen LogP contribution in [0.5, 0.6) is 0 Å². The van der Waals surface area contributed by atoms with E-state index in [0.29, 0.717) is 17.5 Å². The molecule has 0 atom stereocenters. The molecule has 0 aliphatic heterocycles. The molecule has 0 saturated heterocycles. The van der Waals surface area contributed by atoms with Gasteiger partial charge in [0.25, 0.3) is 0 Å². The summed E-state index contributed by atoms with van der Waals surface area (Å²) in [7, 11) is 0. The molecule has 17 heavy (non-hydrogen) atoms. The number of fused-ring (bicyclic) bond motifs is 1. The van der Waals surface area contributed by atoms with Gasteiger partial charge < -0.3 is 9.73 Å². The molecule has 1 aromatic heterocycles. The second kappa shape index (κ2) is 5.19. The Hall–Kier alpha value is -0.870. The van der Waals surface area contributed by atoms with Gasteiger partial charge in [0.2, 0.25) is 0 Å². The van der Waals surface area contributed by atoms with Crippen LogP contribution in [0.3, 0.4) is 0 Å². The fraction of sp³-hybridized carbons (Fsp3) is 0.385. The zero-order valence-corrected chi connectivity index (χ0v) is 11.5. The molecule has 92 valence electrons. The van der Waals surface area contributed by atoms with Gasteiger partial charge in [0.15, 0.2) is 5.58 Å². The molecule has 0 spiro atoms. The lowest BCUT2D eigenvalue weighted by Crippen LogP contribution is -2.12. The van der Waals surface area contributed by atoms with Gasteiger partial charge in [0.05, 0.1) is 16.4 Å². The average Bonchev–Trinajstić information content (AvgIpc) is 2.71. The van der Waals surface area contributed by atoms with E-state index >= 15 is 0 Å². The summed E-state index contributed by atoms with van der Waals surface area (Å²) < 4.78 is 20.4. The molecular formula is C13H15BrFNO. The molecule has 0 unspecified atom stereocenters. The first-order valence-corrected chi connectivity index (χ1v) is 6.57. The number of furan rings is 1. The standard InChI is InChI=1S/C13H15BrFNO/c1-3-8-11(7-16-4-2)17-13-9(14)5-6-10(15)12(8)13/h5-6,16H,3-4,7H2,1-2H3. The zero-order chi connectivity index (χ0) is 12.4. The Morgan fingerprint density at radius 2 is 2.12 bits per heavy atom. The van der Waals surface area contributed by atoms with E-state index in [9.17, 15) is 4.39 Å². The molecule has 2 nitrogen and oxygen atoms in total. The van der Waals surface area contributed by atoms with Crippen molar-refractivity contribution in [2.24, 2.45) is 0 Å². The van der Waals surface area contributed by atoms with Crippen LogP contribution >= 0.6 is 15.9 Å². The predicted octanol–water partition coefficient (Wildman–Crippen LogP) is 4.01. The first-order chi connectivity index (χ1) is 8.19. The van der Waals surface area contributed by atoms with Gasteiger partial charge in [-0.2, -0.15) is 0 Å². The zero-order valence-electron chi connectivity index (χ0n) is 9.94. The van der Waals surface area contributed by atoms with Gasteiger partial charge in [-0.1, -0.05) is 13.8 Å². The van der Waals surface area contributed by atoms with Crippen LogP contribution in [-0.4, -0.2) is 6.54 Å². The minimum Gasteiger partial charge on any atom is -0.458 e. The fourth-order valence-electron chi connectivity index (χ4n) is 1.99. The molecule has 1 N–H and O–H groups in total.